The van der Waals surface area contributed by atoms with Crippen LogP contribution in [0.4, 0.5) is 5.69 Å². The minimum atomic E-state index is -0.871. The maximum atomic E-state index is 12.5. The molecule has 2 atom stereocenters. The SMILES string of the molecule is C[C@@H](Oc1ccc(Cl)cc1[N+](=O)[O-])C(=O)N[C@H]1CCCc2ccccc21. The van der Waals surface area contributed by atoms with Crippen LogP contribution in [0.5, 0.6) is 5.75 Å². The Labute approximate surface area is 156 Å². The number of carbonyl (C=O) groups excluding carboxylic acids is 1. The van der Waals surface area contributed by atoms with Gasteiger partial charge in [0.25, 0.3) is 5.91 Å². The van der Waals surface area contributed by atoms with Gasteiger partial charge in [0.15, 0.2) is 11.9 Å². The third kappa shape index (κ3) is 3.96. The van der Waals surface area contributed by atoms with Gasteiger partial charge in [0.1, 0.15) is 0 Å². The fourth-order valence-electron chi connectivity index (χ4n) is 3.17. The molecule has 6 nitrogen and oxygen atoms in total. The normalized spacial score (nSPS) is 17.1. The number of halogens is 1. The zero-order valence-corrected chi connectivity index (χ0v) is 15.0. The molecule has 1 N–H and O–H groups in total. The van der Waals surface area contributed by atoms with Crippen molar-refractivity contribution < 1.29 is 14.5 Å². The summed E-state index contributed by atoms with van der Waals surface area (Å²) in [5, 5.41) is 14.4. The van der Waals surface area contributed by atoms with E-state index in [0.717, 1.165) is 24.8 Å². The number of carbonyl (C=O) groups is 1. The second-order valence-electron chi connectivity index (χ2n) is 6.28. The number of hydrogen-bond acceptors (Lipinski definition) is 4. The van der Waals surface area contributed by atoms with Crippen LogP contribution in [-0.4, -0.2) is 16.9 Å². The fraction of sp³-hybridized carbons (Fsp3) is 0.316. The third-order valence-corrected chi connectivity index (χ3v) is 4.71. The smallest absolute Gasteiger partial charge is 0.312 e. The number of fused-ring (bicyclic) bond motifs is 1. The number of nitro groups is 1. The number of nitro benzene ring substituents is 1. The summed E-state index contributed by atoms with van der Waals surface area (Å²) in [4.78, 5) is 23.1. The van der Waals surface area contributed by atoms with E-state index in [9.17, 15) is 14.9 Å². The molecule has 0 unspecified atom stereocenters. The average molecular weight is 375 g/mol. The van der Waals surface area contributed by atoms with Crippen LogP contribution >= 0.6 is 11.6 Å². The average Bonchev–Trinajstić information content (AvgIpc) is 2.63. The van der Waals surface area contributed by atoms with E-state index in [4.69, 9.17) is 16.3 Å². The molecular formula is C19H19ClN2O4. The Balaban J connectivity index is 1.71. The van der Waals surface area contributed by atoms with E-state index in [-0.39, 0.29) is 28.4 Å². The quantitative estimate of drug-likeness (QED) is 0.627. The molecule has 1 amide bonds. The first-order valence-corrected chi connectivity index (χ1v) is 8.82. The van der Waals surface area contributed by atoms with Gasteiger partial charge in [0, 0.05) is 11.1 Å². The molecule has 0 aliphatic heterocycles. The van der Waals surface area contributed by atoms with Gasteiger partial charge in [-0.2, -0.15) is 0 Å². The van der Waals surface area contributed by atoms with E-state index in [1.165, 1.54) is 23.8 Å². The molecule has 0 spiro atoms. The van der Waals surface area contributed by atoms with Crippen LogP contribution in [0.1, 0.15) is 36.9 Å². The molecule has 2 aromatic carbocycles. The second-order valence-corrected chi connectivity index (χ2v) is 6.72. The van der Waals surface area contributed by atoms with E-state index in [1.807, 2.05) is 18.2 Å². The van der Waals surface area contributed by atoms with Crippen LogP contribution in [0.15, 0.2) is 42.5 Å². The molecule has 1 aliphatic rings. The van der Waals surface area contributed by atoms with Gasteiger partial charge in [-0.3, -0.25) is 14.9 Å². The number of ether oxygens (including phenoxy) is 1. The molecule has 1 aliphatic carbocycles. The standard InChI is InChI=1S/C19H19ClN2O4/c1-12(26-18-10-9-14(20)11-17(18)22(24)25)19(23)21-16-8-4-6-13-5-2-3-7-15(13)16/h2-3,5,7,9-12,16H,4,6,8H2,1H3,(H,21,23)/t12-,16+/m1/s1. The molecule has 2 aromatic rings. The van der Waals surface area contributed by atoms with Gasteiger partial charge in [0.2, 0.25) is 0 Å². The molecule has 136 valence electrons. The van der Waals surface area contributed by atoms with E-state index >= 15 is 0 Å². The van der Waals surface area contributed by atoms with Crippen LogP contribution in [0.2, 0.25) is 5.02 Å². The van der Waals surface area contributed by atoms with Gasteiger partial charge >= 0.3 is 5.69 Å². The number of aryl methyl sites for hydroxylation is 1. The minimum Gasteiger partial charge on any atom is -0.474 e. The van der Waals surface area contributed by atoms with Crippen molar-refractivity contribution in [1.29, 1.82) is 0 Å². The first kappa shape index (κ1) is 18.2. The molecule has 0 aromatic heterocycles. The molecular weight excluding hydrogens is 356 g/mol. The number of amides is 1. The molecule has 0 radical (unpaired) electrons. The largest absolute Gasteiger partial charge is 0.474 e. The van der Waals surface area contributed by atoms with Gasteiger partial charge in [-0.15, -0.1) is 0 Å². The monoisotopic (exact) mass is 374 g/mol. The molecule has 26 heavy (non-hydrogen) atoms. The van der Waals surface area contributed by atoms with Crippen molar-refractivity contribution >= 4 is 23.2 Å². The lowest BCUT2D eigenvalue weighted by Crippen LogP contribution is -2.39. The Hall–Kier alpha value is -2.60. The van der Waals surface area contributed by atoms with Crippen molar-refractivity contribution in [3.63, 3.8) is 0 Å². The van der Waals surface area contributed by atoms with Crippen LogP contribution in [0, 0.1) is 10.1 Å². The van der Waals surface area contributed by atoms with Crippen molar-refractivity contribution in [3.05, 3.63) is 68.7 Å². The van der Waals surface area contributed by atoms with Crippen LogP contribution in [0.3, 0.4) is 0 Å². The number of benzene rings is 2. The lowest BCUT2D eigenvalue weighted by Gasteiger charge is -2.27. The third-order valence-electron chi connectivity index (χ3n) is 4.48. The Kier molecular flexibility index (Phi) is 5.42. The van der Waals surface area contributed by atoms with E-state index < -0.39 is 11.0 Å². The lowest BCUT2D eigenvalue weighted by molar-refractivity contribution is -0.386. The number of rotatable bonds is 5. The molecule has 0 saturated carbocycles. The Morgan fingerprint density at radius 3 is 2.88 bits per heavy atom. The van der Waals surface area contributed by atoms with E-state index in [2.05, 4.69) is 11.4 Å². The zero-order chi connectivity index (χ0) is 18.7. The summed E-state index contributed by atoms with van der Waals surface area (Å²) in [7, 11) is 0. The molecule has 0 bridgehead atoms. The first-order valence-electron chi connectivity index (χ1n) is 8.44. The van der Waals surface area contributed by atoms with Crippen molar-refractivity contribution in [2.75, 3.05) is 0 Å². The van der Waals surface area contributed by atoms with Crippen molar-refractivity contribution in [3.8, 4) is 5.75 Å². The molecule has 0 saturated heterocycles. The second kappa shape index (κ2) is 7.74. The molecule has 0 heterocycles. The lowest BCUT2D eigenvalue weighted by atomic mass is 9.87. The number of nitrogens with zero attached hydrogens (tertiary/aromatic N) is 1. The molecule has 3 rings (SSSR count). The Morgan fingerprint density at radius 2 is 2.12 bits per heavy atom. The van der Waals surface area contributed by atoms with E-state index in [1.54, 1.807) is 6.92 Å². The zero-order valence-electron chi connectivity index (χ0n) is 14.3. The highest BCUT2D eigenvalue weighted by Gasteiger charge is 2.26. The van der Waals surface area contributed by atoms with Gasteiger partial charge < -0.3 is 10.1 Å². The molecule has 0 fully saturated rings. The summed E-state index contributed by atoms with van der Waals surface area (Å²) < 4.78 is 5.54. The van der Waals surface area contributed by atoms with Gasteiger partial charge in [-0.05, 0) is 49.4 Å². The predicted octanol–water partition coefficient (Wildman–Crippen LogP) is 4.21. The highest BCUT2D eigenvalue weighted by Crippen LogP contribution is 2.32. The van der Waals surface area contributed by atoms with Crippen molar-refractivity contribution in [2.24, 2.45) is 0 Å². The van der Waals surface area contributed by atoms with Gasteiger partial charge in [-0.25, -0.2) is 0 Å². The highest BCUT2D eigenvalue weighted by atomic mass is 35.5. The van der Waals surface area contributed by atoms with Crippen molar-refractivity contribution in [2.45, 2.75) is 38.3 Å². The summed E-state index contributed by atoms with van der Waals surface area (Å²) >= 11 is 5.80. The van der Waals surface area contributed by atoms with Gasteiger partial charge in [0.05, 0.1) is 11.0 Å². The molecule has 7 heteroatoms. The van der Waals surface area contributed by atoms with E-state index in [0.29, 0.717) is 0 Å². The first-order chi connectivity index (χ1) is 12.5. The Morgan fingerprint density at radius 1 is 1.35 bits per heavy atom. The van der Waals surface area contributed by atoms with Crippen molar-refractivity contribution in [1.82, 2.24) is 5.32 Å². The Bertz CT molecular complexity index is 840. The summed E-state index contributed by atoms with van der Waals surface area (Å²) in [6, 6.07) is 12.1. The predicted molar refractivity (Wildman–Crippen MR) is 98.5 cm³/mol. The van der Waals surface area contributed by atoms with Gasteiger partial charge in [-0.1, -0.05) is 35.9 Å². The summed E-state index contributed by atoms with van der Waals surface area (Å²) in [5.74, 6) is -0.290. The fourth-order valence-corrected chi connectivity index (χ4v) is 3.34. The number of hydrogen-bond donors (Lipinski definition) is 1. The maximum absolute atomic E-state index is 12.5. The summed E-state index contributed by atoms with van der Waals surface area (Å²) in [6.07, 6.45) is 1.99. The topological polar surface area (TPSA) is 81.5 Å². The number of nitrogens with one attached hydrogen (secondary N) is 1. The highest BCUT2D eigenvalue weighted by molar-refractivity contribution is 6.30. The summed E-state index contributed by atoms with van der Waals surface area (Å²) in [6.45, 7) is 1.57. The van der Waals surface area contributed by atoms with Crippen LogP contribution < -0.4 is 10.1 Å². The van der Waals surface area contributed by atoms with Crippen LogP contribution in [-0.2, 0) is 11.2 Å². The summed E-state index contributed by atoms with van der Waals surface area (Å²) in [5.41, 5.74) is 2.10. The van der Waals surface area contributed by atoms with Crippen LogP contribution in [0.25, 0.3) is 0 Å². The maximum Gasteiger partial charge on any atom is 0.312 e. The minimum absolute atomic E-state index is 0.0195.